The van der Waals surface area contributed by atoms with Crippen molar-refractivity contribution in [2.75, 3.05) is 6.54 Å². The molecule has 0 fully saturated rings. The van der Waals surface area contributed by atoms with Crippen molar-refractivity contribution in [2.24, 2.45) is 28.1 Å². The number of hydrogen-bond donors (Lipinski definition) is 9. The lowest BCUT2D eigenvalue weighted by Crippen LogP contribution is -2.58. The second kappa shape index (κ2) is 16.1. The van der Waals surface area contributed by atoms with E-state index in [-0.39, 0.29) is 49.9 Å². The van der Waals surface area contributed by atoms with E-state index in [1.165, 1.54) is 12.1 Å². The molecule has 0 aliphatic carbocycles. The predicted molar refractivity (Wildman–Crippen MR) is 170 cm³/mol. The van der Waals surface area contributed by atoms with E-state index in [9.17, 15) is 29.4 Å². The zero-order valence-electron chi connectivity index (χ0n) is 25.3. The molecule has 0 saturated carbocycles. The Morgan fingerprint density at radius 2 is 1.49 bits per heavy atom. The van der Waals surface area contributed by atoms with E-state index in [2.05, 4.69) is 25.9 Å². The number of aromatic hydroxyl groups is 1. The van der Waals surface area contributed by atoms with Gasteiger partial charge in [0.25, 0.3) is 0 Å². The third-order valence-corrected chi connectivity index (χ3v) is 7.32. The number of fused-ring (bicyclic) bond motifs is 1. The molecule has 0 spiro atoms. The van der Waals surface area contributed by atoms with E-state index in [0.29, 0.717) is 11.1 Å². The number of rotatable bonds is 16. The summed E-state index contributed by atoms with van der Waals surface area (Å²) in [5.74, 6) is -3.53. The molecule has 45 heavy (non-hydrogen) atoms. The number of para-hydroxylation sites is 1. The van der Waals surface area contributed by atoms with Gasteiger partial charge in [-0.15, -0.1) is 0 Å². The largest absolute Gasteiger partial charge is 0.508 e. The number of aliphatic carboxylic acids is 1. The molecule has 1 aromatic heterocycles. The van der Waals surface area contributed by atoms with Crippen LogP contribution in [0.4, 0.5) is 0 Å². The van der Waals surface area contributed by atoms with Gasteiger partial charge in [0, 0.05) is 36.5 Å². The minimum Gasteiger partial charge on any atom is -0.508 e. The predicted octanol–water partition coefficient (Wildman–Crippen LogP) is 0.235. The highest BCUT2D eigenvalue weighted by molar-refractivity contribution is 5.94. The first-order valence-corrected chi connectivity index (χ1v) is 14.6. The first kappa shape index (κ1) is 34.4. The number of H-pyrrole nitrogens is 1. The molecule has 0 radical (unpaired) electrons. The van der Waals surface area contributed by atoms with Crippen LogP contribution in [0.2, 0.25) is 0 Å². The van der Waals surface area contributed by atoms with Crippen molar-refractivity contribution in [3.8, 4) is 5.75 Å². The summed E-state index contributed by atoms with van der Waals surface area (Å²) >= 11 is 0. The van der Waals surface area contributed by atoms with Crippen LogP contribution in [0.15, 0.2) is 59.7 Å². The third-order valence-electron chi connectivity index (χ3n) is 7.32. The van der Waals surface area contributed by atoms with Crippen LogP contribution in [0.5, 0.6) is 5.75 Å². The number of nitrogens with zero attached hydrogens (tertiary/aromatic N) is 1. The quantitative estimate of drug-likeness (QED) is 0.0601. The summed E-state index contributed by atoms with van der Waals surface area (Å²) in [7, 11) is 0. The molecular formula is C31H42N8O6. The van der Waals surface area contributed by atoms with Crippen LogP contribution in [0.3, 0.4) is 0 Å². The molecular weight excluding hydrogens is 580 g/mol. The summed E-state index contributed by atoms with van der Waals surface area (Å²) in [6, 6.07) is 8.98. The number of phenols is 1. The van der Waals surface area contributed by atoms with Gasteiger partial charge in [-0.05, 0) is 48.1 Å². The average Bonchev–Trinajstić information content (AvgIpc) is 3.40. The third kappa shape index (κ3) is 10.2. The van der Waals surface area contributed by atoms with Crippen molar-refractivity contribution in [3.05, 3.63) is 65.9 Å². The lowest BCUT2D eigenvalue weighted by atomic mass is 10.0. The number of nitrogens with two attached hydrogens (primary N) is 3. The van der Waals surface area contributed by atoms with E-state index < -0.39 is 47.9 Å². The van der Waals surface area contributed by atoms with Crippen molar-refractivity contribution < 1.29 is 29.4 Å². The summed E-state index contributed by atoms with van der Waals surface area (Å²) in [5.41, 5.74) is 19.0. The molecule has 1 heterocycles. The fraction of sp³-hybridized carbons (Fsp3) is 0.387. The van der Waals surface area contributed by atoms with Gasteiger partial charge in [-0.2, -0.15) is 0 Å². The average molecular weight is 623 g/mol. The Morgan fingerprint density at radius 3 is 2.13 bits per heavy atom. The molecule has 3 amide bonds. The molecule has 4 unspecified atom stereocenters. The smallest absolute Gasteiger partial charge is 0.326 e. The Morgan fingerprint density at radius 1 is 0.867 bits per heavy atom. The number of aliphatic imine (C=N–C) groups is 1. The van der Waals surface area contributed by atoms with Crippen LogP contribution in [0.1, 0.15) is 37.8 Å². The maximum atomic E-state index is 13.6. The first-order chi connectivity index (χ1) is 21.3. The van der Waals surface area contributed by atoms with Gasteiger partial charge in [-0.1, -0.05) is 44.2 Å². The molecule has 0 saturated heterocycles. The Labute approximate surface area is 260 Å². The van der Waals surface area contributed by atoms with Gasteiger partial charge in [0.2, 0.25) is 17.7 Å². The molecule has 242 valence electrons. The van der Waals surface area contributed by atoms with E-state index >= 15 is 0 Å². The van der Waals surface area contributed by atoms with Crippen LogP contribution < -0.4 is 33.2 Å². The van der Waals surface area contributed by atoms with E-state index in [1.54, 1.807) is 32.2 Å². The minimum absolute atomic E-state index is 0.00756. The SMILES string of the molecule is CC(C)C(N)C(=O)NC(Cc1ccc(O)cc1)C(=O)NC(CCCN=C(N)N)C(=O)NC(Cc1c[nH]c2ccccc12)C(=O)O. The molecule has 12 N–H and O–H groups in total. The molecule has 4 atom stereocenters. The van der Waals surface area contributed by atoms with Crippen LogP contribution in [-0.2, 0) is 32.0 Å². The zero-order valence-corrected chi connectivity index (χ0v) is 25.3. The van der Waals surface area contributed by atoms with E-state index in [0.717, 1.165) is 10.9 Å². The number of carbonyl (C=O) groups excluding carboxylic acids is 3. The number of amides is 3. The number of hydrogen-bond acceptors (Lipinski definition) is 7. The van der Waals surface area contributed by atoms with Crippen LogP contribution >= 0.6 is 0 Å². The zero-order chi connectivity index (χ0) is 33.1. The minimum atomic E-state index is -1.30. The molecule has 0 bridgehead atoms. The number of nitrogens with one attached hydrogen (secondary N) is 4. The van der Waals surface area contributed by atoms with Gasteiger partial charge < -0.3 is 48.3 Å². The summed E-state index contributed by atoms with van der Waals surface area (Å²) < 4.78 is 0. The van der Waals surface area contributed by atoms with Crippen molar-refractivity contribution in [1.82, 2.24) is 20.9 Å². The van der Waals surface area contributed by atoms with Gasteiger partial charge in [-0.25, -0.2) is 4.79 Å². The molecule has 3 aromatic rings. The number of carboxylic acids is 1. The lowest BCUT2D eigenvalue weighted by Gasteiger charge is -2.26. The Hall–Kier alpha value is -5.11. The summed E-state index contributed by atoms with van der Waals surface area (Å²) in [4.78, 5) is 59.3. The molecule has 14 nitrogen and oxygen atoms in total. The van der Waals surface area contributed by atoms with E-state index in [4.69, 9.17) is 17.2 Å². The summed E-state index contributed by atoms with van der Waals surface area (Å²) in [5, 5.41) is 28.4. The van der Waals surface area contributed by atoms with Crippen molar-refractivity contribution in [3.63, 3.8) is 0 Å². The Kier molecular flexibility index (Phi) is 12.3. The summed E-state index contributed by atoms with van der Waals surface area (Å²) in [6.07, 6.45) is 2.07. The number of aromatic amines is 1. The topological polar surface area (TPSA) is 251 Å². The summed E-state index contributed by atoms with van der Waals surface area (Å²) in [6.45, 7) is 3.70. The highest BCUT2D eigenvalue weighted by Gasteiger charge is 2.31. The van der Waals surface area contributed by atoms with Crippen molar-refractivity contribution in [2.45, 2.75) is 63.7 Å². The first-order valence-electron chi connectivity index (χ1n) is 14.6. The number of guanidine groups is 1. The molecule has 0 aliphatic rings. The van der Waals surface area contributed by atoms with Gasteiger partial charge in [0.1, 0.15) is 23.9 Å². The molecule has 2 aromatic carbocycles. The van der Waals surface area contributed by atoms with Crippen molar-refractivity contribution >= 4 is 40.6 Å². The van der Waals surface area contributed by atoms with Gasteiger partial charge in [-0.3, -0.25) is 19.4 Å². The molecule has 3 rings (SSSR count). The monoisotopic (exact) mass is 622 g/mol. The standard InChI is InChI=1S/C31H42N8O6/c1-17(2)26(32)29(43)38-24(14-18-9-11-20(40)12-10-18)28(42)37-23(8-5-13-35-31(33)34)27(41)39-25(30(44)45)15-19-16-36-22-7-4-3-6-21(19)22/h3-4,6-7,9-12,16-17,23-26,36,40H,5,8,13-15,32H2,1-2H3,(H,37,42)(H,38,43)(H,39,41)(H,44,45)(H4,33,34,35). The Bertz CT molecular complexity index is 1500. The number of carboxylic acid groups (broad SMARTS) is 1. The number of phenolic OH excluding ortho intramolecular Hbond substituents is 1. The van der Waals surface area contributed by atoms with Gasteiger partial charge >= 0.3 is 5.97 Å². The number of carbonyl (C=O) groups is 4. The second-order valence-electron chi connectivity index (χ2n) is 11.2. The maximum absolute atomic E-state index is 13.6. The Balaban J connectivity index is 1.83. The fourth-order valence-electron chi connectivity index (χ4n) is 4.69. The van der Waals surface area contributed by atoms with Crippen LogP contribution in [0.25, 0.3) is 10.9 Å². The van der Waals surface area contributed by atoms with Crippen LogP contribution in [-0.4, -0.2) is 75.6 Å². The number of aromatic nitrogens is 1. The lowest BCUT2D eigenvalue weighted by molar-refractivity contribution is -0.142. The highest BCUT2D eigenvalue weighted by atomic mass is 16.4. The molecule has 0 aliphatic heterocycles. The second-order valence-corrected chi connectivity index (χ2v) is 11.2. The maximum Gasteiger partial charge on any atom is 0.326 e. The highest BCUT2D eigenvalue weighted by Crippen LogP contribution is 2.19. The number of benzene rings is 2. The normalized spacial score (nSPS) is 13.8. The van der Waals surface area contributed by atoms with Crippen LogP contribution in [0, 0.1) is 5.92 Å². The fourth-order valence-corrected chi connectivity index (χ4v) is 4.69. The van der Waals surface area contributed by atoms with Gasteiger partial charge in [0.05, 0.1) is 6.04 Å². The van der Waals surface area contributed by atoms with E-state index in [1.807, 2.05) is 24.3 Å². The molecule has 14 heteroatoms. The van der Waals surface area contributed by atoms with Crippen molar-refractivity contribution in [1.29, 1.82) is 0 Å². The van der Waals surface area contributed by atoms with Gasteiger partial charge in [0.15, 0.2) is 5.96 Å².